The highest BCUT2D eigenvalue weighted by atomic mass is 35.5. The largest absolute Gasteiger partial charge is 0.352 e. The van der Waals surface area contributed by atoms with Gasteiger partial charge < -0.3 is 15.5 Å². The van der Waals surface area contributed by atoms with Gasteiger partial charge in [-0.15, -0.1) is 0 Å². The van der Waals surface area contributed by atoms with Crippen LogP contribution in [-0.4, -0.2) is 58.1 Å². The standard InChI is InChI=1S/C21H25Cl2N5O3/c1-13(26-20(30)16-4-3-5-17(22)18(16)23)21(31)28-8-6-14(7-9-28)10-24-19(29)15-11-25-27(2)12-15/h3-5,11-14H,6-10H2,1-2H3,(H,24,29)(H,26,30). The van der Waals surface area contributed by atoms with E-state index in [1.807, 2.05) is 0 Å². The zero-order chi connectivity index (χ0) is 22.5. The topological polar surface area (TPSA) is 96.3 Å². The Labute approximate surface area is 190 Å². The molecule has 1 aromatic heterocycles. The number of aromatic nitrogens is 2. The second-order valence-electron chi connectivity index (χ2n) is 7.68. The predicted molar refractivity (Wildman–Crippen MR) is 118 cm³/mol. The fraction of sp³-hybridized carbons (Fsp3) is 0.429. The van der Waals surface area contributed by atoms with E-state index in [0.29, 0.717) is 31.1 Å². The molecule has 0 aliphatic carbocycles. The van der Waals surface area contributed by atoms with Crippen molar-refractivity contribution in [3.8, 4) is 0 Å². The van der Waals surface area contributed by atoms with Gasteiger partial charge in [-0.3, -0.25) is 19.1 Å². The summed E-state index contributed by atoms with van der Waals surface area (Å²) in [6.07, 6.45) is 4.76. The molecule has 3 rings (SSSR count). The van der Waals surface area contributed by atoms with Gasteiger partial charge in [-0.1, -0.05) is 29.3 Å². The summed E-state index contributed by atoms with van der Waals surface area (Å²) in [7, 11) is 1.76. The lowest BCUT2D eigenvalue weighted by Gasteiger charge is -2.33. The van der Waals surface area contributed by atoms with Gasteiger partial charge in [0.25, 0.3) is 11.8 Å². The molecule has 0 radical (unpaired) electrons. The summed E-state index contributed by atoms with van der Waals surface area (Å²) in [4.78, 5) is 39.1. The number of aryl methyl sites for hydroxylation is 1. The van der Waals surface area contributed by atoms with Crippen molar-refractivity contribution < 1.29 is 14.4 Å². The van der Waals surface area contributed by atoms with Crippen molar-refractivity contribution >= 4 is 40.9 Å². The van der Waals surface area contributed by atoms with Gasteiger partial charge in [0.05, 0.1) is 27.4 Å². The van der Waals surface area contributed by atoms with Crippen LogP contribution >= 0.6 is 23.2 Å². The third-order valence-corrected chi connectivity index (χ3v) is 6.18. The Morgan fingerprint density at radius 3 is 2.55 bits per heavy atom. The van der Waals surface area contributed by atoms with Crippen LogP contribution in [0.5, 0.6) is 0 Å². The van der Waals surface area contributed by atoms with Crippen LogP contribution in [0.15, 0.2) is 30.6 Å². The molecular formula is C21H25Cl2N5O3. The number of benzene rings is 1. The summed E-state index contributed by atoms with van der Waals surface area (Å²) >= 11 is 12.0. The number of nitrogens with zero attached hydrogens (tertiary/aromatic N) is 3. The summed E-state index contributed by atoms with van der Waals surface area (Å²) in [6, 6.07) is 4.10. The van der Waals surface area contributed by atoms with E-state index in [9.17, 15) is 14.4 Å². The van der Waals surface area contributed by atoms with Gasteiger partial charge in [0.2, 0.25) is 5.91 Å². The molecule has 3 amide bonds. The van der Waals surface area contributed by atoms with E-state index in [1.165, 1.54) is 6.20 Å². The number of piperidine rings is 1. The third kappa shape index (κ3) is 5.77. The van der Waals surface area contributed by atoms with Crippen LogP contribution in [0.1, 0.15) is 40.5 Å². The van der Waals surface area contributed by atoms with Crippen molar-refractivity contribution in [2.75, 3.05) is 19.6 Å². The van der Waals surface area contributed by atoms with Gasteiger partial charge in [-0.25, -0.2) is 0 Å². The molecule has 1 saturated heterocycles. The molecule has 1 atom stereocenters. The Hall–Kier alpha value is -2.58. The first-order valence-corrected chi connectivity index (χ1v) is 10.8. The lowest BCUT2D eigenvalue weighted by Crippen LogP contribution is -2.50. The van der Waals surface area contributed by atoms with E-state index >= 15 is 0 Å². The summed E-state index contributed by atoms with van der Waals surface area (Å²) < 4.78 is 1.58. The molecule has 0 saturated carbocycles. The van der Waals surface area contributed by atoms with E-state index in [-0.39, 0.29) is 27.4 Å². The van der Waals surface area contributed by atoms with Crippen LogP contribution in [0.25, 0.3) is 0 Å². The number of carbonyl (C=O) groups is 3. The summed E-state index contributed by atoms with van der Waals surface area (Å²) in [5.74, 6) is -0.451. The van der Waals surface area contributed by atoms with Gasteiger partial charge in [-0.2, -0.15) is 5.10 Å². The summed E-state index contributed by atoms with van der Waals surface area (Å²) in [6.45, 7) is 3.35. The van der Waals surface area contributed by atoms with Gasteiger partial charge in [0.15, 0.2) is 0 Å². The van der Waals surface area contributed by atoms with Crippen LogP contribution in [0, 0.1) is 5.92 Å². The van der Waals surface area contributed by atoms with Crippen LogP contribution in [0.2, 0.25) is 10.0 Å². The molecule has 166 valence electrons. The SMILES string of the molecule is CC(NC(=O)c1cccc(Cl)c1Cl)C(=O)N1CCC(CNC(=O)c2cnn(C)c2)CC1. The maximum atomic E-state index is 12.7. The molecule has 0 bridgehead atoms. The van der Waals surface area contributed by atoms with E-state index in [1.54, 1.807) is 47.9 Å². The minimum Gasteiger partial charge on any atom is -0.352 e. The second kappa shape index (κ2) is 10.2. The van der Waals surface area contributed by atoms with E-state index < -0.39 is 11.9 Å². The minimum absolute atomic E-state index is 0.149. The lowest BCUT2D eigenvalue weighted by molar-refractivity contribution is -0.134. The van der Waals surface area contributed by atoms with Crippen LogP contribution in [0.4, 0.5) is 0 Å². The first kappa shape index (κ1) is 23.1. The molecule has 2 heterocycles. The van der Waals surface area contributed by atoms with Crippen molar-refractivity contribution in [3.05, 3.63) is 51.8 Å². The van der Waals surface area contributed by atoms with Crippen molar-refractivity contribution in [1.82, 2.24) is 25.3 Å². The summed E-state index contributed by atoms with van der Waals surface area (Å²) in [5, 5.41) is 10.1. The summed E-state index contributed by atoms with van der Waals surface area (Å²) in [5.41, 5.74) is 0.761. The predicted octanol–water partition coefficient (Wildman–Crippen LogP) is 2.51. The maximum Gasteiger partial charge on any atom is 0.254 e. The van der Waals surface area contributed by atoms with E-state index in [4.69, 9.17) is 23.2 Å². The quantitative estimate of drug-likeness (QED) is 0.684. The molecule has 8 nitrogen and oxygen atoms in total. The zero-order valence-corrected chi connectivity index (χ0v) is 18.9. The first-order chi connectivity index (χ1) is 14.8. The van der Waals surface area contributed by atoms with Gasteiger partial charge >= 0.3 is 0 Å². The Morgan fingerprint density at radius 2 is 1.90 bits per heavy atom. The van der Waals surface area contributed by atoms with E-state index in [0.717, 1.165) is 12.8 Å². The van der Waals surface area contributed by atoms with Crippen LogP contribution < -0.4 is 10.6 Å². The highest BCUT2D eigenvalue weighted by molar-refractivity contribution is 6.43. The number of nitrogens with one attached hydrogen (secondary N) is 2. The Bertz CT molecular complexity index is 970. The number of carbonyl (C=O) groups excluding carboxylic acids is 3. The Kier molecular flexibility index (Phi) is 7.56. The van der Waals surface area contributed by atoms with Gasteiger partial charge in [-0.05, 0) is 37.8 Å². The van der Waals surface area contributed by atoms with Crippen LogP contribution in [0.3, 0.4) is 0 Å². The average Bonchev–Trinajstić information content (AvgIpc) is 3.20. The average molecular weight is 466 g/mol. The monoisotopic (exact) mass is 465 g/mol. The number of halogens is 2. The Morgan fingerprint density at radius 1 is 1.19 bits per heavy atom. The molecular weight excluding hydrogens is 441 g/mol. The highest BCUT2D eigenvalue weighted by Gasteiger charge is 2.27. The number of amides is 3. The lowest BCUT2D eigenvalue weighted by atomic mass is 9.96. The highest BCUT2D eigenvalue weighted by Crippen LogP contribution is 2.25. The smallest absolute Gasteiger partial charge is 0.254 e. The van der Waals surface area contributed by atoms with Gasteiger partial charge in [0.1, 0.15) is 6.04 Å². The molecule has 1 aliphatic rings. The molecule has 2 aromatic rings. The van der Waals surface area contributed by atoms with Crippen molar-refractivity contribution in [1.29, 1.82) is 0 Å². The third-order valence-electron chi connectivity index (χ3n) is 5.36. The fourth-order valence-corrected chi connectivity index (χ4v) is 3.91. The second-order valence-corrected chi connectivity index (χ2v) is 8.46. The van der Waals surface area contributed by atoms with Crippen molar-refractivity contribution in [2.24, 2.45) is 13.0 Å². The molecule has 2 N–H and O–H groups in total. The number of hydrogen-bond acceptors (Lipinski definition) is 4. The fourth-order valence-electron chi connectivity index (χ4n) is 3.52. The number of hydrogen-bond donors (Lipinski definition) is 2. The number of rotatable bonds is 6. The molecule has 1 fully saturated rings. The minimum atomic E-state index is -0.690. The first-order valence-electron chi connectivity index (χ1n) is 10.1. The zero-order valence-electron chi connectivity index (χ0n) is 17.4. The van der Waals surface area contributed by atoms with Crippen molar-refractivity contribution in [2.45, 2.75) is 25.8 Å². The Balaban J connectivity index is 1.45. The molecule has 1 unspecified atom stereocenters. The van der Waals surface area contributed by atoms with Crippen molar-refractivity contribution in [3.63, 3.8) is 0 Å². The molecule has 10 heteroatoms. The number of likely N-dealkylation sites (tertiary alicyclic amines) is 1. The van der Waals surface area contributed by atoms with Gasteiger partial charge in [0, 0.05) is 32.9 Å². The van der Waals surface area contributed by atoms with E-state index in [2.05, 4.69) is 15.7 Å². The molecule has 1 aliphatic heterocycles. The normalized spacial score (nSPS) is 15.4. The molecule has 31 heavy (non-hydrogen) atoms. The maximum absolute atomic E-state index is 12.7. The molecule has 1 aromatic carbocycles. The molecule has 0 spiro atoms. The van der Waals surface area contributed by atoms with Crippen LogP contribution in [-0.2, 0) is 11.8 Å².